The Kier molecular flexibility index (Phi) is 1.49. The second kappa shape index (κ2) is 2.37. The smallest absolute Gasteiger partial charge is 0.179 e. The number of ketones is 1. The number of Topliss-reactive ketones (excluding diaryl/α,β-unsaturated/α-hetero) is 1. The molecule has 58 valence electrons. The first kappa shape index (κ1) is 6.91. The van der Waals surface area contributed by atoms with Gasteiger partial charge in [-0.25, -0.2) is 0 Å². The van der Waals surface area contributed by atoms with Crippen molar-refractivity contribution in [2.24, 2.45) is 5.92 Å². The van der Waals surface area contributed by atoms with Gasteiger partial charge in [-0.15, -0.1) is 5.10 Å². The topological polar surface area (TPSA) is 42.9 Å². The number of aryl methyl sites for hydroxylation is 1. The molecule has 0 N–H and O–H groups in total. The largest absolute Gasteiger partial charge is 0.293 e. The van der Waals surface area contributed by atoms with Crippen molar-refractivity contribution in [1.82, 2.24) is 9.59 Å². The fourth-order valence-corrected chi connectivity index (χ4v) is 1.66. The molecular formula is C7H8N2OS. The first-order valence-electron chi connectivity index (χ1n) is 3.62. The third-order valence-corrected chi connectivity index (χ3v) is 2.67. The first-order chi connectivity index (χ1) is 5.29. The van der Waals surface area contributed by atoms with Crippen molar-refractivity contribution < 1.29 is 4.79 Å². The number of carbonyl (C=O) groups excluding carboxylic acids is 1. The predicted molar refractivity (Wildman–Crippen MR) is 41.7 cm³/mol. The second-order valence-corrected chi connectivity index (χ2v) is 3.58. The normalized spacial score (nSPS) is 16.8. The minimum absolute atomic E-state index is 0.248. The molecule has 0 radical (unpaired) electrons. The van der Waals surface area contributed by atoms with Crippen LogP contribution in [-0.2, 0) is 0 Å². The van der Waals surface area contributed by atoms with E-state index >= 15 is 0 Å². The lowest BCUT2D eigenvalue weighted by Crippen LogP contribution is -1.99. The molecule has 1 aliphatic carbocycles. The SMILES string of the molecule is Cc1nnsc1C(=O)C1CC1. The summed E-state index contributed by atoms with van der Waals surface area (Å²) in [6, 6.07) is 0. The third-order valence-electron chi connectivity index (χ3n) is 1.82. The van der Waals surface area contributed by atoms with Crippen LogP contribution in [-0.4, -0.2) is 15.4 Å². The van der Waals surface area contributed by atoms with E-state index in [9.17, 15) is 4.79 Å². The highest BCUT2D eigenvalue weighted by Gasteiger charge is 2.32. The van der Waals surface area contributed by atoms with Crippen LogP contribution in [0.15, 0.2) is 0 Å². The Morgan fingerprint density at radius 2 is 2.36 bits per heavy atom. The van der Waals surface area contributed by atoms with Crippen LogP contribution in [0.5, 0.6) is 0 Å². The maximum absolute atomic E-state index is 11.4. The number of rotatable bonds is 2. The van der Waals surface area contributed by atoms with Crippen molar-refractivity contribution in [1.29, 1.82) is 0 Å². The molecular weight excluding hydrogens is 160 g/mol. The van der Waals surface area contributed by atoms with Crippen LogP contribution in [0.3, 0.4) is 0 Å². The number of hydrogen-bond donors (Lipinski definition) is 0. The van der Waals surface area contributed by atoms with Gasteiger partial charge in [-0.2, -0.15) is 0 Å². The summed E-state index contributed by atoms with van der Waals surface area (Å²) < 4.78 is 3.72. The fourth-order valence-electron chi connectivity index (χ4n) is 0.988. The van der Waals surface area contributed by atoms with E-state index in [4.69, 9.17) is 0 Å². The highest BCUT2D eigenvalue weighted by Crippen LogP contribution is 2.33. The van der Waals surface area contributed by atoms with E-state index in [2.05, 4.69) is 9.59 Å². The molecule has 4 heteroatoms. The van der Waals surface area contributed by atoms with Gasteiger partial charge in [0.15, 0.2) is 5.78 Å². The van der Waals surface area contributed by atoms with Crippen LogP contribution in [0.2, 0.25) is 0 Å². The Labute approximate surface area is 68.6 Å². The van der Waals surface area contributed by atoms with Crippen LogP contribution in [0.4, 0.5) is 0 Å². The summed E-state index contributed by atoms with van der Waals surface area (Å²) in [5.74, 6) is 0.536. The Bertz CT molecular complexity index is 290. The highest BCUT2D eigenvalue weighted by molar-refractivity contribution is 7.08. The minimum atomic E-state index is 0.248. The average Bonchev–Trinajstić information content (AvgIpc) is 2.74. The van der Waals surface area contributed by atoms with Crippen LogP contribution in [0.1, 0.15) is 28.2 Å². The van der Waals surface area contributed by atoms with Crippen molar-refractivity contribution in [3.63, 3.8) is 0 Å². The number of nitrogens with zero attached hydrogens (tertiary/aromatic N) is 2. The third kappa shape index (κ3) is 1.18. The van der Waals surface area contributed by atoms with Gasteiger partial charge < -0.3 is 0 Å². The van der Waals surface area contributed by atoms with E-state index in [1.165, 1.54) is 11.5 Å². The number of carbonyl (C=O) groups is 1. The quantitative estimate of drug-likeness (QED) is 0.627. The summed E-state index contributed by atoms with van der Waals surface area (Å²) in [6.45, 7) is 1.83. The Morgan fingerprint density at radius 1 is 1.64 bits per heavy atom. The molecule has 0 aromatic carbocycles. The van der Waals surface area contributed by atoms with Gasteiger partial charge in [-0.3, -0.25) is 4.79 Å². The highest BCUT2D eigenvalue weighted by atomic mass is 32.1. The van der Waals surface area contributed by atoms with Crippen molar-refractivity contribution >= 4 is 17.3 Å². The lowest BCUT2D eigenvalue weighted by atomic mass is 10.2. The second-order valence-electron chi connectivity index (χ2n) is 2.83. The summed E-state index contributed by atoms with van der Waals surface area (Å²) >= 11 is 1.22. The molecule has 1 heterocycles. The molecule has 0 spiro atoms. The zero-order valence-electron chi connectivity index (χ0n) is 6.20. The molecule has 1 saturated carbocycles. The molecule has 3 nitrogen and oxygen atoms in total. The molecule has 1 fully saturated rings. The maximum Gasteiger partial charge on any atom is 0.179 e. The molecule has 0 aliphatic heterocycles. The van der Waals surface area contributed by atoms with E-state index in [-0.39, 0.29) is 11.7 Å². The van der Waals surface area contributed by atoms with E-state index in [0.717, 1.165) is 23.4 Å². The van der Waals surface area contributed by atoms with E-state index in [1.54, 1.807) is 0 Å². The van der Waals surface area contributed by atoms with Gasteiger partial charge >= 0.3 is 0 Å². The molecule has 0 unspecified atom stereocenters. The Hall–Kier alpha value is -0.770. The molecule has 0 amide bonds. The Morgan fingerprint density at radius 3 is 2.82 bits per heavy atom. The zero-order valence-corrected chi connectivity index (χ0v) is 7.02. The Balaban J connectivity index is 2.27. The first-order valence-corrected chi connectivity index (χ1v) is 4.39. The average molecular weight is 168 g/mol. The molecule has 1 aromatic heterocycles. The molecule has 11 heavy (non-hydrogen) atoms. The van der Waals surface area contributed by atoms with Gasteiger partial charge in [0.25, 0.3) is 0 Å². The zero-order chi connectivity index (χ0) is 7.84. The maximum atomic E-state index is 11.4. The van der Waals surface area contributed by atoms with E-state index < -0.39 is 0 Å². The van der Waals surface area contributed by atoms with Crippen LogP contribution in [0.25, 0.3) is 0 Å². The molecule has 2 rings (SSSR count). The summed E-state index contributed by atoms with van der Waals surface area (Å²) in [6.07, 6.45) is 2.10. The summed E-state index contributed by atoms with van der Waals surface area (Å²) in [5, 5.41) is 3.80. The summed E-state index contributed by atoms with van der Waals surface area (Å²) in [4.78, 5) is 12.2. The van der Waals surface area contributed by atoms with E-state index in [1.807, 2.05) is 6.92 Å². The summed E-state index contributed by atoms with van der Waals surface area (Å²) in [5.41, 5.74) is 0.784. The van der Waals surface area contributed by atoms with Gasteiger partial charge in [0, 0.05) is 5.92 Å². The van der Waals surface area contributed by atoms with Crippen LogP contribution in [0, 0.1) is 12.8 Å². The van der Waals surface area contributed by atoms with Crippen LogP contribution >= 0.6 is 11.5 Å². The van der Waals surface area contributed by atoms with Gasteiger partial charge in [-0.05, 0) is 31.3 Å². The molecule has 0 saturated heterocycles. The van der Waals surface area contributed by atoms with Crippen LogP contribution < -0.4 is 0 Å². The lowest BCUT2D eigenvalue weighted by Gasteiger charge is -1.90. The number of aromatic nitrogens is 2. The fraction of sp³-hybridized carbons (Fsp3) is 0.571. The van der Waals surface area contributed by atoms with Gasteiger partial charge in [-0.1, -0.05) is 4.49 Å². The number of hydrogen-bond acceptors (Lipinski definition) is 4. The van der Waals surface area contributed by atoms with Gasteiger partial charge in [0.2, 0.25) is 0 Å². The minimum Gasteiger partial charge on any atom is -0.293 e. The molecule has 1 aliphatic rings. The van der Waals surface area contributed by atoms with Gasteiger partial charge in [0.1, 0.15) is 4.88 Å². The molecule has 0 atom stereocenters. The lowest BCUT2D eigenvalue weighted by molar-refractivity contribution is 0.0971. The molecule has 0 bridgehead atoms. The monoisotopic (exact) mass is 168 g/mol. The van der Waals surface area contributed by atoms with Crippen molar-refractivity contribution in [3.05, 3.63) is 10.6 Å². The predicted octanol–water partition coefficient (Wildman–Crippen LogP) is 1.44. The van der Waals surface area contributed by atoms with Crippen molar-refractivity contribution in [2.75, 3.05) is 0 Å². The van der Waals surface area contributed by atoms with Gasteiger partial charge in [0.05, 0.1) is 5.69 Å². The standard InChI is InChI=1S/C7H8N2OS/c1-4-7(11-9-8-4)6(10)5-2-3-5/h5H,2-3H2,1H3. The van der Waals surface area contributed by atoms with E-state index in [0.29, 0.717) is 0 Å². The van der Waals surface area contributed by atoms with Crippen molar-refractivity contribution in [2.45, 2.75) is 19.8 Å². The molecule has 1 aromatic rings. The summed E-state index contributed by atoms with van der Waals surface area (Å²) in [7, 11) is 0. The van der Waals surface area contributed by atoms with Crippen molar-refractivity contribution in [3.8, 4) is 0 Å².